The van der Waals surface area contributed by atoms with E-state index in [0.29, 0.717) is 11.3 Å². The second kappa shape index (κ2) is 2.28. The van der Waals surface area contributed by atoms with Crippen molar-refractivity contribution in [1.29, 1.82) is 0 Å². The fourth-order valence-corrected chi connectivity index (χ4v) is 1.52. The quantitative estimate of drug-likeness (QED) is 0.551. The van der Waals surface area contributed by atoms with Gasteiger partial charge in [-0.25, -0.2) is 0 Å². The van der Waals surface area contributed by atoms with Gasteiger partial charge in [-0.3, -0.25) is 4.39 Å². The Hall–Kier alpha value is -0.0700. The molecular weight excluding hydrogens is 115 g/mol. The molecule has 1 aliphatic rings. The summed E-state index contributed by atoms with van der Waals surface area (Å²) in [6, 6.07) is 0. The van der Waals surface area contributed by atoms with Crippen molar-refractivity contribution in [2.75, 3.05) is 6.67 Å². The Labute approximate surface area is 56.5 Å². The Bertz CT molecular complexity index is 98.7. The van der Waals surface area contributed by atoms with E-state index in [9.17, 15) is 4.39 Å². The molecule has 2 unspecified atom stereocenters. The molecule has 0 saturated heterocycles. The SMILES string of the molecule is CCC1(C)CC1CCF. The van der Waals surface area contributed by atoms with Crippen molar-refractivity contribution in [2.24, 2.45) is 11.3 Å². The van der Waals surface area contributed by atoms with Crippen LogP contribution in [0.25, 0.3) is 0 Å². The van der Waals surface area contributed by atoms with E-state index in [1.165, 1.54) is 12.8 Å². The summed E-state index contributed by atoms with van der Waals surface area (Å²) in [5, 5.41) is 0. The molecule has 0 aromatic rings. The van der Waals surface area contributed by atoms with Gasteiger partial charge in [0.2, 0.25) is 0 Å². The minimum absolute atomic E-state index is 0.125. The minimum Gasteiger partial charge on any atom is -0.251 e. The van der Waals surface area contributed by atoms with Gasteiger partial charge in [0.05, 0.1) is 6.67 Å². The maximum absolute atomic E-state index is 11.8. The molecule has 0 radical (unpaired) electrons. The molecule has 1 saturated carbocycles. The normalized spacial score (nSPS) is 41.0. The smallest absolute Gasteiger partial charge is 0.0897 e. The van der Waals surface area contributed by atoms with Crippen LogP contribution in [0.3, 0.4) is 0 Å². The van der Waals surface area contributed by atoms with Gasteiger partial charge in [0.1, 0.15) is 0 Å². The fraction of sp³-hybridized carbons (Fsp3) is 1.00. The van der Waals surface area contributed by atoms with Crippen LogP contribution in [-0.4, -0.2) is 6.67 Å². The maximum atomic E-state index is 11.8. The molecule has 9 heavy (non-hydrogen) atoms. The number of alkyl halides is 1. The Morgan fingerprint density at radius 2 is 2.33 bits per heavy atom. The molecule has 0 aromatic heterocycles. The predicted molar refractivity (Wildman–Crippen MR) is 37.1 cm³/mol. The van der Waals surface area contributed by atoms with Crippen LogP contribution < -0.4 is 0 Å². The van der Waals surface area contributed by atoms with Gasteiger partial charge in [-0.1, -0.05) is 20.3 Å². The van der Waals surface area contributed by atoms with Crippen molar-refractivity contribution in [2.45, 2.75) is 33.1 Å². The summed E-state index contributed by atoms with van der Waals surface area (Å²) in [5.41, 5.74) is 0.520. The standard InChI is InChI=1S/C8H15F/c1-3-8(2)6-7(8)4-5-9/h7H,3-6H2,1-2H3. The largest absolute Gasteiger partial charge is 0.251 e. The van der Waals surface area contributed by atoms with Gasteiger partial charge in [0.25, 0.3) is 0 Å². The zero-order valence-electron chi connectivity index (χ0n) is 6.28. The Morgan fingerprint density at radius 3 is 2.67 bits per heavy atom. The van der Waals surface area contributed by atoms with Crippen LogP contribution >= 0.6 is 0 Å². The lowest BCUT2D eigenvalue weighted by atomic mass is 10.0. The van der Waals surface area contributed by atoms with Gasteiger partial charge in [-0.05, 0) is 24.2 Å². The number of rotatable bonds is 3. The summed E-state index contributed by atoms with van der Waals surface area (Å²) in [6.45, 7) is 4.33. The van der Waals surface area contributed by atoms with Gasteiger partial charge in [0, 0.05) is 0 Å². The van der Waals surface area contributed by atoms with Crippen molar-refractivity contribution in [3.8, 4) is 0 Å². The first kappa shape index (κ1) is 7.04. The Balaban J connectivity index is 2.22. The van der Waals surface area contributed by atoms with Gasteiger partial charge in [-0.2, -0.15) is 0 Å². The zero-order chi connectivity index (χ0) is 6.91. The molecule has 0 spiro atoms. The van der Waals surface area contributed by atoms with Crippen LogP contribution in [0.15, 0.2) is 0 Å². The third-order valence-corrected chi connectivity index (χ3v) is 2.80. The third kappa shape index (κ3) is 1.25. The Kier molecular flexibility index (Phi) is 1.78. The fourth-order valence-electron chi connectivity index (χ4n) is 1.52. The van der Waals surface area contributed by atoms with Crippen molar-refractivity contribution in [3.63, 3.8) is 0 Å². The minimum atomic E-state index is -0.125. The molecule has 2 atom stereocenters. The average Bonchev–Trinajstić information content (AvgIpc) is 2.46. The molecule has 0 N–H and O–H groups in total. The molecule has 0 amide bonds. The van der Waals surface area contributed by atoms with Crippen LogP contribution in [0, 0.1) is 11.3 Å². The first-order valence-electron chi connectivity index (χ1n) is 3.79. The second-order valence-electron chi connectivity index (χ2n) is 3.39. The lowest BCUT2D eigenvalue weighted by Crippen LogP contribution is -1.95. The molecule has 1 heteroatoms. The van der Waals surface area contributed by atoms with E-state index in [1.54, 1.807) is 0 Å². The van der Waals surface area contributed by atoms with E-state index in [2.05, 4.69) is 13.8 Å². The van der Waals surface area contributed by atoms with Crippen molar-refractivity contribution in [1.82, 2.24) is 0 Å². The van der Waals surface area contributed by atoms with E-state index in [4.69, 9.17) is 0 Å². The highest BCUT2D eigenvalue weighted by Gasteiger charge is 2.47. The monoisotopic (exact) mass is 130 g/mol. The van der Waals surface area contributed by atoms with Crippen molar-refractivity contribution < 1.29 is 4.39 Å². The van der Waals surface area contributed by atoms with Crippen LogP contribution in [0.4, 0.5) is 4.39 Å². The topological polar surface area (TPSA) is 0 Å². The van der Waals surface area contributed by atoms with Crippen molar-refractivity contribution in [3.05, 3.63) is 0 Å². The molecule has 0 heterocycles. The van der Waals surface area contributed by atoms with Crippen LogP contribution in [-0.2, 0) is 0 Å². The van der Waals surface area contributed by atoms with E-state index in [-0.39, 0.29) is 6.67 Å². The highest BCUT2D eigenvalue weighted by molar-refractivity contribution is 4.97. The maximum Gasteiger partial charge on any atom is 0.0897 e. The van der Waals surface area contributed by atoms with Crippen LogP contribution in [0.1, 0.15) is 33.1 Å². The van der Waals surface area contributed by atoms with Gasteiger partial charge >= 0.3 is 0 Å². The number of hydrogen-bond acceptors (Lipinski definition) is 0. The second-order valence-corrected chi connectivity index (χ2v) is 3.39. The number of hydrogen-bond donors (Lipinski definition) is 0. The van der Waals surface area contributed by atoms with Crippen LogP contribution in [0.2, 0.25) is 0 Å². The number of halogens is 1. The molecule has 0 nitrogen and oxygen atoms in total. The lowest BCUT2D eigenvalue weighted by Gasteiger charge is -2.03. The summed E-state index contributed by atoms with van der Waals surface area (Å²) in [6.07, 6.45) is 3.27. The molecule has 1 aliphatic carbocycles. The van der Waals surface area contributed by atoms with E-state index >= 15 is 0 Å². The first-order valence-corrected chi connectivity index (χ1v) is 3.79. The van der Waals surface area contributed by atoms with E-state index < -0.39 is 0 Å². The average molecular weight is 130 g/mol. The third-order valence-electron chi connectivity index (χ3n) is 2.80. The highest BCUT2D eigenvalue weighted by atomic mass is 19.1. The summed E-state index contributed by atoms with van der Waals surface area (Å²) >= 11 is 0. The summed E-state index contributed by atoms with van der Waals surface area (Å²) < 4.78 is 11.8. The van der Waals surface area contributed by atoms with Gasteiger partial charge in [0.15, 0.2) is 0 Å². The summed E-state index contributed by atoms with van der Waals surface area (Å²) in [5.74, 6) is 0.701. The Morgan fingerprint density at radius 1 is 1.67 bits per heavy atom. The molecular formula is C8H15F. The van der Waals surface area contributed by atoms with E-state index in [1.807, 2.05) is 0 Å². The van der Waals surface area contributed by atoms with Crippen molar-refractivity contribution >= 4 is 0 Å². The van der Waals surface area contributed by atoms with E-state index in [0.717, 1.165) is 6.42 Å². The first-order chi connectivity index (χ1) is 4.23. The molecule has 0 bridgehead atoms. The summed E-state index contributed by atoms with van der Waals surface area (Å²) in [4.78, 5) is 0. The lowest BCUT2D eigenvalue weighted by molar-refractivity contribution is 0.402. The van der Waals surface area contributed by atoms with Crippen LogP contribution in [0.5, 0.6) is 0 Å². The van der Waals surface area contributed by atoms with Gasteiger partial charge in [-0.15, -0.1) is 0 Å². The molecule has 1 rings (SSSR count). The van der Waals surface area contributed by atoms with Gasteiger partial charge < -0.3 is 0 Å². The molecule has 0 aromatic carbocycles. The zero-order valence-corrected chi connectivity index (χ0v) is 6.28. The molecule has 1 fully saturated rings. The predicted octanol–water partition coefficient (Wildman–Crippen LogP) is 2.78. The molecule has 54 valence electrons. The summed E-state index contributed by atoms with van der Waals surface area (Å²) in [7, 11) is 0. The highest BCUT2D eigenvalue weighted by Crippen LogP contribution is 2.56. The molecule has 0 aliphatic heterocycles.